The lowest BCUT2D eigenvalue weighted by Gasteiger charge is -2.29. The van der Waals surface area contributed by atoms with E-state index in [9.17, 15) is 23.2 Å². The molecule has 0 saturated carbocycles. The lowest BCUT2D eigenvalue weighted by Crippen LogP contribution is -2.39. The summed E-state index contributed by atoms with van der Waals surface area (Å²) in [6.07, 6.45) is -0.502. The number of aromatic nitrogens is 1. The molecule has 0 N–H and O–H groups in total. The van der Waals surface area contributed by atoms with Crippen molar-refractivity contribution in [2.75, 3.05) is 7.11 Å². The van der Waals surface area contributed by atoms with Crippen molar-refractivity contribution in [3.63, 3.8) is 0 Å². The molecule has 1 aromatic carbocycles. The van der Waals surface area contributed by atoms with Crippen LogP contribution in [0.4, 0.5) is 8.78 Å². The summed E-state index contributed by atoms with van der Waals surface area (Å²) in [6.45, 7) is 7.87. The van der Waals surface area contributed by atoms with Crippen LogP contribution in [0.2, 0.25) is 0 Å². The summed E-state index contributed by atoms with van der Waals surface area (Å²) in [6, 6.07) is 4.35. The van der Waals surface area contributed by atoms with Gasteiger partial charge >= 0.3 is 11.9 Å². The molecular formula is C25H29F2NO7. The van der Waals surface area contributed by atoms with Gasteiger partial charge in [0.1, 0.15) is 18.0 Å². The van der Waals surface area contributed by atoms with Crippen LogP contribution in [0.25, 0.3) is 0 Å². The highest BCUT2D eigenvalue weighted by molar-refractivity contribution is 5.99. The zero-order chi connectivity index (χ0) is 26.3. The summed E-state index contributed by atoms with van der Waals surface area (Å²) < 4.78 is 48.6. The van der Waals surface area contributed by atoms with Crippen molar-refractivity contribution in [3.8, 4) is 17.2 Å². The van der Waals surface area contributed by atoms with Crippen LogP contribution in [-0.2, 0) is 14.3 Å². The Morgan fingerprint density at radius 3 is 2.29 bits per heavy atom. The third-order valence-corrected chi connectivity index (χ3v) is 5.07. The number of carbonyl (C=O) groups is 3. The molecule has 1 heterocycles. The number of benzene rings is 1. The van der Waals surface area contributed by atoms with E-state index < -0.39 is 47.5 Å². The van der Waals surface area contributed by atoms with Crippen LogP contribution in [0.1, 0.15) is 51.5 Å². The van der Waals surface area contributed by atoms with Gasteiger partial charge in [-0.1, -0.05) is 20.8 Å². The Kier molecular flexibility index (Phi) is 9.68. The second-order valence-electron chi connectivity index (χ2n) is 8.36. The number of esters is 2. The second kappa shape index (κ2) is 12.2. The van der Waals surface area contributed by atoms with Crippen molar-refractivity contribution in [3.05, 3.63) is 47.8 Å². The molecule has 0 bridgehead atoms. The molecule has 3 atom stereocenters. The van der Waals surface area contributed by atoms with Gasteiger partial charge in [0, 0.05) is 31.7 Å². The molecule has 8 nitrogen and oxygen atoms in total. The maximum Gasteiger partial charge on any atom is 0.309 e. The Morgan fingerprint density at radius 2 is 1.71 bits per heavy atom. The molecule has 0 aliphatic carbocycles. The fraction of sp³-hybridized carbons (Fsp3) is 0.440. The molecule has 0 saturated heterocycles. The minimum Gasteiger partial charge on any atom is -0.493 e. The van der Waals surface area contributed by atoms with Crippen LogP contribution >= 0.6 is 0 Å². The number of rotatable bonds is 11. The third-order valence-electron chi connectivity index (χ3n) is 5.07. The number of hydrogen-bond acceptors (Lipinski definition) is 8. The Morgan fingerprint density at radius 1 is 1.03 bits per heavy atom. The van der Waals surface area contributed by atoms with Gasteiger partial charge < -0.3 is 18.9 Å². The van der Waals surface area contributed by atoms with E-state index in [1.807, 2.05) is 0 Å². The SMILES string of the molecule is COc1ccnc(C(=O)C[C@@H](C)C(=O)O[C@H](C(C)C)[C@H](C)Oc2ccc(F)cc2F)c1OC(C)=O. The molecule has 0 aliphatic rings. The van der Waals surface area contributed by atoms with Crippen molar-refractivity contribution in [1.82, 2.24) is 4.98 Å². The predicted molar refractivity (Wildman–Crippen MR) is 121 cm³/mol. The first kappa shape index (κ1) is 27.7. The predicted octanol–water partition coefficient (Wildman–Crippen LogP) is 4.54. The van der Waals surface area contributed by atoms with Gasteiger partial charge in [0.2, 0.25) is 5.75 Å². The molecule has 0 radical (unpaired) electrons. The van der Waals surface area contributed by atoms with Crippen LogP contribution < -0.4 is 14.2 Å². The van der Waals surface area contributed by atoms with E-state index in [4.69, 9.17) is 18.9 Å². The van der Waals surface area contributed by atoms with E-state index in [0.29, 0.717) is 6.07 Å². The van der Waals surface area contributed by atoms with Crippen molar-refractivity contribution >= 4 is 17.7 Å². The van der Waals surface area contributed by atoms with E-state index in [2.05, 4.69) is 4.98 Å². The van der Waals surface area contributed by atoms with Crippen LogP contribution in [0, 0.1) is 23.5 Å². The number of pyridine rings is 1. The first-order valence-corrected chi connectivity index (χ1v) is 11.0. The molecule has 0 unspecified atom stereocenters. The number of Topliss-reactive ketones (excluding diaryl/α,β-unsaturated/α-hetero) is 1. The lowest BCUT2D eigenvalue weighted by atomic mass is 10.00. The van der Waals surface area contributed by atoms with Gasteiger partial charge in [-0.2, -0.15) is 0 Å². The number of ether oxygens (including phenoxy) is 4. The number of hydrogen-bond donors (Lipinski definition) is 0. The number of halogens is 2. The summed E-state index contributed by atoms with van der Waals surface area (Å²) in [5.41, 5.74) is -0.150. The average Bonchev–Trinajstić information content (AvgIpc) is 2.78. The summed E-state index contributed by atoms with van der Waals surface area (Å²) in [5.74, 6) is -4.76. The molecule has 0 amide bonds. The third kappa shape index (κ3) is 7.46. The van der Waals surface area contributed by atoms with Crippen molar-refractivity contribution in [2.24, 2.45) is 11.8 Å². The molecule has 190 valence electrons. The van der Waals surface area contributed by atoms with Crippen molar-refractivity contribution in [1.29, 1.82) is 0 Å². The molecule has 0 fully saturated rings. The van der Waals surface area contributed by atoms with E-state index in [-0.39, 0.29) is 35.3 Å². The van der Waals surface area contributed by atoms with E-state index >= 15 is 0 Å². The largest absolute Gasteiger partial charge is 0.493 e. The fourth-order valence-corrected chi connectivity index (χ4v) is 3.35. The zero-order valence-electron chi connectivity index (χ0n) is 20.5. The van der Waals surface area contributed by atoms with E-state index in [0.717, 1.165) is 12.1 Å². The molecule has 1 aromatic heterocycles. The summed E-state index contributed by atoms with van der Waals surface area (Å²) in [7, 11) is 1.35. The molecule has 10 heteroatoms. The molecule has 0 aliphatic heterocycles. The van der Waals surface area contributed by atoms with Crippen molar-refractivity contribution < 1.29 is 42.1 Å². The monoisotopic (exact) mass is 493 g/mol. The summed E-state index contributed by atoms with van der Waals surface area (Å²) >= 11 is 0. The zero-order valence-corrected chi connectivity index (χ0v) is 20.5. The average molecular weight is 494 g/mol. The van der Waals surface area contributed by atoms with Crippen LogP contribution in [0.15, 0.2) is 30.5 Å². The van der Waals surface area contributed by atoms with E-state index in [1.165, 1.54) is 33.2 Å². The highest BCUT2D eigenvalue weighted by Gasteiger charge is 2.31. The first-order valence-electron chi connectivity index (χ1n) is 11.0. The number of ketones is 1. The second-order valence-corrected chi connectivity index (χ2v) is 8.36. The maximum atomic E-state index is 14.0. The van der Waals surface area contributed by atoms with E-state index in [1.54, 1.807) is 20.8 Å². The molecule has 2 rings (SSSR count). The minimum absolute atomic E-state index is 0.128. The van der Waals surface area contributed by atoms with Gasteiger partial charge in [-0.25, -0.2) is 13.8 Å². The van der Waals surface area contributed by atoms with Gasteiger partial charge in [0.25, 0.3) is 0 Å². The lowest BCUT2D eigenvalue weighted by molar-refractivity contribution is -0.161. The van der Waals surface area contributed by atoms with Gasteiger partial charge in [-0.05, 0) is 25.0 Å². The highest BCUT2D eigenvalue weighted by Crippen LogP contribution is 2.31. The number of nitrogens with zero attached hydrogens (tertiary/aromatic N) is 1. The van der Waals surface area contributed by atoms with Crippen LogP contribution in [-0.4, -0.2) is 42.0 Å². The number of methoxy groups -OCH3 is 1. The Hall–Kier alpha value is -3.56. The normalized spacial score (nSPS) is 13.5. The minimum atomic E-state index is -0.878. The van der Waals surface area contributed by atoms with Gasteiger partial charge in [0.15, 0.2) is 28.8 Å². The Bertz CT molecular complexity index is 1070. The summed E-state index contributed by atoms with van der Waals surface area (Å²) in [5, 5.41) is 0. The first-order chi connectivity index (χ1) is 16.4. The maximum absolute atomic E-state index is 14.0. The number of carbonyl (C=O) groups excluding carboxylic acids is 3. The van der Waals surface area contributed by atoms with Crippen LogP contribution in [0.5, 0.6) is 17.2 Å². The summed E-state index contributed by atoms with van der Waals surface area (Å²) in [4.78, 5) is 41.1. The van der Waals surface area contributed by atoms with Gasteiger partial charge in [0.05, 0.1) is 13.0 Å². The Balaban J connectivity index is 2.12. The standard InChI is InChI=1S/C25H29F2NO7/c1-13(2)23(15(4)33-20-8-7-17(26)12-18(20)27)35-25(31)14(3)11-19(30)22-24(34-16(5)29)21(32-6)9-10-28-22/h7-10,12-15,23H,11H2,1-6H3/t14-,15+,23-/m1/s1. The smallest absolute Gasteiger partial charge is 0.309 e. The Labute approximate surface area is 202 Å². The highest BCUT2D eigenvalue weighted by atomic mass is 19.1. The fourth-order valence-electron chi connectivity index (χ4n) is 3.35. The molecule has 2 aromatic rings. The molecular weight excluding hydrogens is 464 g/mol. The van der Waals surface area contributed by atoms with Gasteiger partial charge in [-0.15, -0.1) is 0 Å². The van der Waals surface area contributed by atoms with Crippen LogP contribution in [0.3, 0.4) is 0 Å². The molecule has 35 heavy (non-hydrogen) atoms. The molecule has 0 spiro atoms. The van der Waals surface area contributed by atoms with Gasteiger partial charge in [-0.3, -0.25) is 14.4 Å². The van der Waals surface area contributed by atoms with Crippen molar-refractivity contribution in [2.45, 2.75) is 53.2 Å². The topological polar surface area (TPSA) is 101 Å². The quantitative estimate of drug-likeness (QED) is 0.332.